The number of para-hydroxylation sites is 1. The predicted molar refractivity (Wildman–Crippen MR) is 110 cm³/mol. The van der Waals surface area contributed by atoms with Gasteiger partial charge in [-0.25, -0.2) is 0 Å². The Morgan fingerprint density at radius 1 is 1.07 bits per heavy atom. The molecule has 3 aromatic rings. The number of carbonyl (C=O) groups is 1. The maximum atomic E-state index is 13.2. The highest BCUT2D eigenvalue weighted by Gasteiger charge is 2.40. The number of carbonyl (C=O) groups excluding carboxylic acids is 1. The van der Waals surface area contributed by atoms with E-state index in [9.17, 15) is 23.1 Å². The summed E-state index contributed by atoms with van der Waals surface area (Å²) in [5.74, 6) is -0.578. The highest BCUT2D eigenvalue weighted by Crippen LogP contribution is 2.26. The van der Waals surface area contributed by atoms with Crippen LogP contribution in [0.4, 0.5) is 13.2 Å². The molecule has 4 nitrogen and oxygen atoms in total. The third-order valence-corrected chi connectivity index (χ3v) is 5.07. The number of aromatic amines is 1. The van der Waals surface area contributed by atoms with Crippen LogP contribution in [0.2, 0.25) is 0 Å². The van der Waals surface area contributed by atoms with E-state index >= 15 is 0 Å². The smallest absolute Gasteiger partial charge is 0.382 e. The lowest BCUT2D eigenvalue weighted by molar-refractivity contribution is -0.206. The summed E-state index contributed by atoms with van der Waals surface area (Å²) in [5, 5.41) is 10.4. The molecule has 0 aliphatic rings. The van der Waals surface area contributed by atoms with Crippen molar-refractivity contribution in [2.75, 3.05) is 6.54 Å². The van der Waals surface area contributed by atoms with Crippen LogP contribution in [-0.2, 0) is 12.0 Å². The van der Waals surface area contributed by atoms with E-state index < -0.39 is 24.7 Å². The number of benzene rings is 2. The van der Waals surface area contributed by atoms with Crippen molar-refractivity contribution in [3.05, 3.63) is 71.4 Å². The molecular formula is C23H25F3N2O2. The van der Waals surface area contributed by atoms with E-state index in [4.69, 9.17) is 0 Å². The van der Waals surface area contributed by atoms with Crippen molar-refractivity contribution in [3.8, 4) is 0 Å². The maximum absolute atomic E-state index is 13.2. The van der Waals surface area contributed by atoms with Crippen molar-refractivity contribution in [1.29, 1.82) is 0 Å². The number of fused-ring (bicyclic) bond motifs is 1. The van der Waals surface area contributed by atoms with Crippen molar-refractivity contribution >= 4 is 16.8 Å². The molecule has 1 amide bonds. The molecule has 1 atom stereocenters. The Morgan fingerprint density at radius 2 is 1.73 bits per heavy atom. The summed E-state index contributed by atoms with van der Waals surface area (Å²) in [5.41, 5.74) is 2.51. The van der Waals surface area contributed by atoms with Crippen LogP contribution in [-0.4, -0.2) is 39.7 Å². The quantitative estimate of drug-likeness (QED) is 0.611. The van der Waals surface area contributed by atoms with Crippen LogP contribution in [0.25, 0.3) is 10.9 Å². The maximum Gasteiger partial charge on any atom is 0.416 e. The number of rotatable bonds is 5. The van der Waals surface area contributed by atoms with Gasteiger partial charge in [0.1, 0.15) is 0 Å². The van der Waals surface area contributed by atoms with E-state index in [2.05, 4.69) is 25.8 Å². The minimum atomic E-state index is -4.81. The Kier molecular flexibility index (Phi) is 5.94. The van der Waals surface area contributed by atoms with E-state index in [1.165, 1.54) is 0 Å². The SMILES string of the molecule is CC(C)(C)c1ccc(CN(CC(O)C(F)(F)F)C(=O)c2cccc3cc[nH]c23)cc1. The summed E-state index contributed by atoms with van der Waals surface area (Å²) in [4.78, 5) is 17.2. The first-order valence-corrected chi connectivity index (χ1v) is 9.66. The second kappa shape index (κ2) is 8.14. The van der Waals surface area contributed by atoms with E-state index in [0.29, 0.717) is 11.1 Å². The van der Waals surface area contributed by atoms with Crippen LogP contribution in [0.15, 0.2) is 54.7 Å². The molecule has 0 saturated carbocycles. The fourth-order valence-corrected chi connectivity index (χ4v) is 3.30. The molecule has 2 N–H and O–H groups in total. The number of H-pyrrole nitrogens is 1. The number of aromatic nitrogens is 1. The van der Waals surface area contributed by atoms with Crippen LogP contribution in [0.5, 0.6) is 0 Å². The molecule has 1 heterocycles. The monoisotopic (exact) mass is 418 g/mol. The zero-order chi connectivity index (χ0) is 22.1. The minimum Gasteiger partial charge on any atom is -0.382 e. The number of aliphatic hydroxyl groups is 1. The normalized spacial score (nSPS) is 13.4. The summed E-state index contributed by atoms with van der Waals surface area (Å²) in [6.45, 7) is 5.30. The van der Waals surface area contributed by atoms with Gasteiger partial charge in [0.15, 0.2) is 6.10 Å². The predicted octanol–water partition coefficient (Wildman–Crippen LogP) is 5.03. The molecule has 0 fully saturated rings. The number of nitrogens with zero attached hydrogens (tertiary/aromatic N) is 1. The largest absolute Gasteiger partial charge is 0.416 e. The van der Waals surface area contributed by atoms with Gasteiger partial charge in [-0.05, 0) is 28.7 Å². The molecule has 2 aromatic carbocycles. The Labute approximate surface area is 173 Å². The van der Waals surface area contributed by atoms with Gasteiger partial charge in [0.25, 0.3) is 5.91 Å². The van der Waals surface area contributed by atoms with Gasteiger partial charge in [-0.3, -0.25) is 4.79 Å². The number of aliphatic hydroxyl groups excluding tert-OH is 1. The molecule has 160 valence electrons. The highest BCUT2D eigenvalue weighted by atomic mass is 19.4. The molecule has 3 rings (SSSR count). The molecule has 0 radical (unpaired) electrons. The lowest BCUT2D eigenvalue weighted by atomic mass is 9.87. The van der Waals surface area contributed by atoms with Gasteiger partial charge in [0, 0.05) is 18.1 Å². The molecule has 1 aromatic heterocycles. The van der Waals surface area contributed by atoms with Crippen molar-refractivity contribution in [3.63, 3.8) is 0 Å². The summed E-state index contributed by atoms with van der Waals surface area (Å²) >= 11 is 0. The van der Waals surface area contributed by atoms with Gasteiger partial charge in [0.2, 0.25) is 0 Å². The Balaban J connectivity index is 1.92. The van der Waals surface area contributed by atoms with Crippen molar-refractivity contribution in [1.82, 2.24) is 9.88 Å². The van der Waals surface area contributed by atoms with Crippen LogP contribution >= 0.6 is 0 Å². The van der Waals surface area contributed by atoms with Gasteiger partial charge in [-0.15, -0.1) is 0 Å². The first kappa shape index (κ1) is 21.9. The molecule has 0 bridgehead atoms. The molecule has 0 aliphatic carbocycles. The first-order chi connectivity index (χ1) is 14.0. The Morgan fingerprint density at radius 3 is 2.33 bits per heavy atom. The molecule has 0 spiro atoms. The number of halogens is 3. The zero-order valence-corrected chi connectivity index (χ0v) is 17.1. The Bertz CT molecular complexity index is 1020. The van der Waals surface area contributed by atoms with Crippen LogP contribution in [0.1, 0.15) is 42.3 Å². The fourth-order valence-electron chi connectivity index (χ4n) is 3.30. The fraction of sp³-hybridized carbons (Fsp3) is 0.348. The van der Waals surface area contributed by atoms with Gasteiger partial charge in [0.05, 0.1) is 17.6 Å². The van der Waals surface area contributed by atoms with Gasteiger partial charge in [-0.2, -0.15) is 13.2 Å². The first-order valence-electron chi connectivity index (χ1n) is 9.66. The number of hydrogen-bond acceptors (Lipinski definition) is 2. The standard InChI is InChI=1S/C23H25F3N2O2/c1-22(2,3)17-9-7-15(8-10-17)13-28(14-19(29)23(24,25)26)21(30)18-6-4-5-16-11-12-27-20(16)18/h4-12,19,27,29H,13-14H2,1-3H3. The average molecular weight is 418 g/mol. The molecular weight excluding hydrogens is 393 g/mol. The number of amides is 1. The van der Waals surface area contributed by atoms with E-state index in [1.807, 2.05) is 18.2 Å². The van der Waals surface area contributed by atoms with Crippen LogP contribution in [0.3, 0.4) is 0 Å². The molecule has 7 heteroatoms. The van der Waals surface area contributed by atoms with Gasteiger partial charge < -0.3 is 15.0 Å². The summed E-state index contributed by atoms with van der Waals surface area (Å²) < 4.78 is 39.0. The lowest BCUT2D eigenvalue weighted by Gasteiger charge is -2.27. The molecule has 30 heavy (non-hydrogen) atoms. The second-order valence-electron chi connectivity index (χ2n) is 8.44. The lowest BCUT2D eigenvalue weighted by Crippen LogP contribution is -2.43. The topological polar surface area (TPSA) is 56.3 Å². The summed E-state index contributed by atoms with van der Waals surface area (Å²) in [6.07, 6.45) is -5.77. The van der Waals surface area contributed by atoms with E-state index in [-0.39, 0.29) is 17.5 Å². The third-order valence-electron chi connectivity index (χ3n) is 5.07. The second-order valence-corrected chi connectivity index (χ2v) is 8.44. The van der Waals surface area contributed by atoms with Crippen molar-refractivity contribution in [2.45, 2.75) is 45.0 Å². The van der Waals surface area contributed by atoms with E-state index in [0.717, 1.165) is 15.8 Å². The van der Waals surface area contributed by atoms with Crippen molar-refractivity contribution in [2.24, 2.45) is 0 Å². The Hall–Kier alpha value is -2.80. The summed E-state index contributed by atoms with van der Waals surface area (Å²) in [7, 11) is 0. The highest BCUT2D eigenvalue weighted by molar-refractivity contribution is 6.05. The molecule has 1 unspecified atom stereocenters. The van der Waals surface area contributed by atoms with Crippen LogP contribution < -0.4 is 0 Å². The number of hydrogen-bond donors (Lipinski definition) is 2. The molecule has 0 aliphatic heterocycles. The summed E-state index contributed by atoms with van der Waals surface area (Å²) in [6, 6.07) is 14.3. The van der Waals surface area contributed by atoms with Crippen LogP contribution in [0, 0.1) is 0 Å². The van der Waals surface area contributed by atoms with Gasteiger partial charge in [-0.1, -0.05) is 57.2 Å². The third kappa shape index (κ3) is 4.84. The van der Waals surface area contributed by atoms with Gasteiger partial charge >= 0.3 is 6.18 Å². The minimum absolute atomic E-state index is 0.0481. The van der Waals surface area contributed by atoms with Crippen molar-refractivity contribution < 1.29 is 23.1 Å². The van der Waals surface area contributed by atoms with E-state index in [1.54, 1.807) is 36.5 Å². The number of alkyl halides is 3. The molecule has 0 saturated heterocycles. The average Bonchev–Trinajstić information content (AvgIpc) is 3.14. The zero-order valence-electron chi connectivity index (χ0n) is 17.1. The number of nitrogens with one attached hydrogen (secondary N) is 1.